The molecular formula is C57H50N2O4. The Morgan fingerprint density at radius 1 is 0.413 bits per heavy atom. The van der Waals surface area contributed by atoms with Crippen LogP contribution in [0.4, 0.5) is 0 Å². The third kappa shape index (κ3) is 7.02. The van der Waals surface area contributed by atoms with E-state index in [0.717, 1.165) is 112 Å². The molecule has 63 heavy (non-hydrogen) atoms. The summed E-state index contributed by atoms with van der Waals surface area (Å²) in [7, 11) is 0. The van der Waals surface area contributed by atoms with E-state index in [1.54, 1.807) is 0 Å². The molecule has 6 heteroatoms. The van der Waals surface area contributed by atoms with E-state index in [-0.39, 0.29) is 11.5 Å². The van der Waals surface area contributed by atoms with Crippen LogP contribution in [0.1, 0.15) is 42.5 Å². The second-order valence-electron chi connectivity index (χ2n) is 16.5. The number of fused-ring (bicyclic) bond motifs is 6. The summed E-state index contributed by atoms with van der Waals surface area (Å²) in [6, 6.07) is 54.1. The fourth-order valence-electron chi connectivity index (χ4n) is 9.33. The molecule has 0 aliphatic heterocycles. The topological polar surface area (TPSA) is 68.8 Å². The summed E-state index contributed by atoms with van der Waals surface area (Å²) in [5, 5.41) is 29.0. The molecule has 2 N–H and O–H groups in total. The zero-order chi connectivity index (χ0) is 43.2. The Labute approximate surface area is 367 Å². The summed E-state index contributed by atoms with van der Waals surface area (Å²) in [4.78, 5) is 0. The fraction of sp³-hybridized carbons (Fsp3) is 0.158. The van der Waals surface area contributed by atoms with Crippen LogP contribution in [0.2, 0.25) is 0 Å². The summed E-state index contributed by atoms with van der Waals surface area (Å²) < 4.78 is 17.5. The van der Waals surface area contributed by atoms with Gasteiger partial charge < -0.3 is 28.8 Å². The van der Waals surface area contributed by atoms with Crippen LogP contribution < -0.4 is 9.47 Å². The summed E-state index contributed by atoms with van der Waals surface area (Å²) in [5.74, 6) is 1.82. The highest BCUT2D eigenvalue weighted by Crippen LogP contribution is 2.45. The Balaban J connectivity index is 0.938. The van der Waals surface area contributed by atoms with Crippen molar-refractivity contribution < 1.29 is 19.7 Å². The molecule has 6 nitrogen and oxygen atoms in total. The van der Waals surface area contributed by atoms with Gasteiger partial charge in [0.25, 0.3) is 0 Å². The predicted molar refractivity (Wildman–Crippen MR) is 260 cm³/mol. The van der Waals surface area contributed by atoms with Crippen molar-refractivity contribution in [2.24, 2.45) is 0 Å². The second kappa shape index (κ2) is 16.4. The normalized spacial score (nSPS) is 11.6. The van der Waals surface area contributed by atoms with Gasteiger partial charge in [-0.3, -0.25) is 0 Å². The maximum absolute atomic E-state index is 12.2. The average Bonchev–Trinajstić information content (AvgIpc) is 3.83. The summed E-state index contributed by atoms with van der Waals surface area (Å²) in [6.45, 7) is 9.23. The van der Waals surface area contributed by atoms with Crippen LogP contribution >= 0.6 is 0 Å². The summed E-state index contributed by atoms with van der Waals surface area (Å²) >= 11 is 0. The quantitative estimate of drug-likeness (QED) is 0.120. The van der Waals surface area contributed by atoms with E-state index in [1.165, 1.54) is 0 Å². The van der Waals surface area contributed by atoms with Crippen molar-refractivity contribution in [1.29, 1.82) is 0 Å². The highest BCUT2D eigenvalue weighted by Gasteiger charge is 2.22. The predicted octanol–water partition coefficient (Wildman–Crippen LogP) is 14.2. The van der Waals surface area contributed by atoms with Crippen LogP contribution in [-0.4, -0.2) is 32.6 Å². The second-order valence-corrected chi connectivity index (χ2v) is 16.5. The van der Waals surface area contributed by atoms with Gasteiger partial charge in [-0.05, 0) is 122 Å². The minimum absolute atomic E-state index is 0.206. The number of phenols is 2. The maximum atomic E-state index is 12.2. The molecule has 0 amide bonds. The highest BCUT2D eigenvalue weighted by molar-refractivity contribution is 6.10. The van der Waals surface area contributed by atoms with E-state index in [9.17, 15) is 10.2 Å². The first kappa shape index (κ1) is 39.7. The molecule has 2 heterocycles. The lowest BCUT2D eigenvalue weighted by atomic mass is 9.97. The van der Waals surface area contributed by atoms with Crippen LogP contribution in [0, 0.1) is 13.8 Å². The lowest BCUT2D eigenvalue weighted by molar-refractivity contribution is 0.248. The van der Waals surface area contributed by atoms with E-state index >= 15 is 0 Å². The van der Waals surface area contributed by atoms with Gasteiger partial charge in [-0.1, -0.05) is 98.8 Å². The van der Waals surface area contributed by atoms with Gasteiger partial charge in [-0.15, -0.1) is 0 Å². The molecule has 10 aromatic rings. The number of benzene rings is 8. The van der Waals surface area contributed by atoms with Gasteiger partial charge in [0.05, 0.1) is 46.7 Å². The van der Waals surface area contributed by atoms with Crippen molar-refractivity contribution in [3.8, 4) is 56.6 Å². The van der Waals surface area contributed by atoms with Gasteiger partial charge in [0.15, 0.2) is 0 Å². The Bertz CT molecular complexity index is 3020. The molecule has 0 saturated heterocycles. The molecule has 0 fully saturated rings. The Morgan fingerprint density at radius 3 is 1.11 bits per heavy atom. The molecule has 0 unspecified atom stereocenters. The lowest BCUT2D eigenvalue weighted by Gasteiger charge is -2.19. The van der Waals surface area contributed by atoms with Crippen LogP contribution in [0.15, 0.2) is 158 Å². The lowest BCUT2D eigenvalue weighted by Crippen LogP contribution is -2.07. The van der Waals surface area contributed by atoms with Crippen LogP contribution in [0.25, 0.3) is 77.2 Å². The number of ether oxygens (including phenoxy) is 2. The van der Waals surface area contributed by atoms with Gasteiger partial charge >= 0.3 is 0 Å². The van der Waals surface area contributed by atoms with E-state index in [2.05, 4.69) is 146 Å². The highest BCUT2D eigenvalue weighted by atomic mass is 16.5. The van der Waals surface area contributed by atoms with Crippen molar-refractivity contribution in [3.05, 3.63) is 180 Å². The number of phenolic OH excluding ortho intramolecular Hbond substituents is 2. The minimum atomic E-state index is 0.206. The van der Waals surface area contributed by atoms with E-state index in [4.69, 9.17) is 9.47 Å². The van der Waals surface area contributed by atoms with Crippen molar-refractivity contribution in [2.45, 2.75) is 47.0 Å². The number of nitrogens with zero attached hydrogens (tertiary/aromatic N) is 2. The number of aromatic nitrogens is 2. The Hall–Kier alpha value is -7.44. The number of aryl methyl sites for hydroxylation is 4. The zero-order valence-corrected chi connectivity index (χ0v) is 36.2. The first-order chi connectivity index (χ1) is 30.8. The minimum Gasteiger partial charge on any atom is -0.505 e. The molecule has 0 radical (unpaired) electrons. The van der Waals surface area contributed by atoms with Gasteiger partial charge in [0, 0.05) is 50.2 Å². The number of rotatable bonds is 12. The SMILES string of the molecule is CCc1ccc(OCCCOc2ccc(CC)cc2-c2cc(C)cc(-n3c4ccccc4c4ccccc43)c2O)c(-c2cc(C)cc(-n3c4ccccc4c4ccccc43)c2O)c1. The monoisotopic (exact) mass is 826 g/mol. The van der Waals surface area contributed by atoms with E-state index < -0.39 is 0 Å². The molecule has 0 aliphatic rings. The van der Waals surface area contributed by atoms with Crippen molar-refractivity contribution in [1.82, 2.24) is 9.13 Å². The molecule has 10 rings (SSSR count). The van der Waals surface area contributed by atoms with Crippen molar-refractivity contribution in [2.75, 3.05) is 13.2 Å². The molecule has 8 aromatic carbocycles. The number of hydrogen-bond acceptors (Lipinski definition) is 4. The molecule has 0 saturated carbocycles. The average molecular weight is 827 g/mol. The molecular weight excluding hydrogens is 777 g/mol. The maximum Gasteiger partial charge on any atom is 0.147 e. The number of aromatic hydroxyl groups is 2. The van der Waals surface area contributed by atoms with Gasteiger partial charge in [0.2, 0.25) is 0 Å². The summed E-state index contributed by atoms with van der Waals surface area (Å²) in [5.41, 5.74) is 13.2. The van der Waals surface area contributed by atoms with E-state index in [1.807, 2.05) is 48.5 Å². The van der Waals surface area contributed by atoms with Crippen LogP contribution in [0.5, 0.6) is 23.0 Å². The summed E-state index contributed by atoms with van der Waals surface area (Å²) in [6.07, 6.45) is 2.31. The fourth-order valence-corrected chi connectivity index (χ4v) is 9.33. The molecule has 0 atom stereocenters. The largest absolute Gasteiger partial charge is 0.505 e. The molecule has 312 valence electrons. The Kier molecular flexibility index (Phi) is 10.4. The third-order valence-corrected chi connectivity index (χ3v) is 12.4. The van der Waals surface area contributed by atoms with Gasteiger partial charge in [0.1, 0.15) is 23.0 Å². The third-order valence-electron chi connectivity index (χ3n) is 12.4. The molecule has 2 aromatic heterocycles. The molecule has 0 spiro atoms. The first-order valence-electron chi connectivity index (χ1n) is 22.0. The standard InChI is InChI=1S/C57H50N2O4/c1-5-38-24-26-54(44(34-38)46-30-36(3)32-52(56(46)60)58-48-20-11-7-16-40(48)41-17-8-12-21-49(41)58)62-28-15-29-63-55-27-25-39(6-2)35-45(55)47-31-37(4)33-53(57(47)61)59-50-22-13-9-18-42(50)43-19-10-14-23-51(43)59/h7-14,16-27,30-35,60-61H,5-6,15,28-29H2,1-4H3. The van der Waals surface area contributed by atoms with Gasteiger partial charge in [-0.2, -0.15) is 0 Å². The first-order valence-corrected chi connectivity index (χ1v) is 22.0. The van der Waals surface area contributed by atoms with Crippen LogP contribution in [0.3, 0.4) is 0 Å². The number of para-hydroxylation sites is 4. The smallest absolute Gasteiger partial charge is 0.147 e. The number of hydrogen-bond donors (Lipinski definition) is 2. The van der Waals surface area contributed by atoms with E-state index in [0.29, 0.717) is 31.1 Å². The van der Waals surface area contributed by atoms with Crippen LogP contribution in [-0.2, 0) is 12.8 Å². The van der Waals surface area contributed by atoms with Gasteiger partial charge in [-0.25, -0.2) is 0 Å². The van der Waals surface area contributed by atoms with Crippen molar-refractivity contribution >= 4 is 43.6 Å². The van der Waals surface area contributed by atoms with Crippen molar-refractivity contribution in [3.63, 3.8) is 0 Å². The molecule has 0 aliphatic carbocycles. The molecule has 0 bridgehead atoms. The zero-order valence-electron chi connectivity index (χ0n) is 36.2. The Morgan fingerprint density at radius 2 is 0.762 bits per heavy atom.